The number of amides is 1. The van der Waals surface area contributed by atoms with Gasteiger partial charge >= 0.3 is 10.2 Å². The lowest BCUT2D eigenvalue weighted by Crippen LogP contribution is -2.29. The lowest BCUT2D eigenvalue weighted by atomic mass is 9.89. The molecule has 1 fully saturated rings. The molecular formula is C35H32Cl2N4O3S. The van der Waals surface area contributed by atoms with E-state index in [1.807, 2.05) is 45.8 Å². The zero-order valence-corrected chi connectivity index (χ0v) is 27.0. The van der Waals surface area contributed by atoms with Gasteiger partial charge in [0, 0.05) is 22.5 Å². The second-order valence-corrected chi connectivity index (χ2v) is 13.5. The number of aryl methyl sites for hydroxylation is 1. The van der Waals surface area contributed by atoms with Crippen LogP contribution in [0, 0.1) is 0 Å². The van der Waals surface area contributed by atoms with E-state index < -0.39 is 16.1 Å². The number of nitrogens with zero attached hydrogens (tertiary/aromatic N) is 3. The van der Waals surface area contributed by atoms with Crippen LogP contribution < -0.4 is 9.03 Å². The topological polar surface area (TPSA) is 84.3 Å². The second kappa shape index (κ2) is 13.1. The van der Waals surface area contributed by atoms with Crippen LogP contribution in [0.1, 0.15) is 54.6 Å². The molecule has 1 aliphatic rings. The molecule has 1 N–H and O–H groups in total. The molecule has 1 saturated heterocycles. The quantitative estimate of drug-likeness (QED) is 0.154. The van der Waals surface area contributed by atoms with Crippen LogP contribution in [0.15, 0.2) is 103 Å². The van der Waals surface area contributed by atoms with Gasteiger partial charge in [-0.1, -0.05) is 104 Å². The number of carbonyl (C=O) groups is 1. The van der Waals surface area contributed by atoms with Gasteiger partial charge in [0.2, 0.25) is 0 Å². The fourth-order valence-corrected chi connectivity index (χ4v) is 7.34. The molecule has 1 amide bonds. The maximum absolute atomic E-state index is 12.7. The highest BCUT2D eigenvalue weighted by Crippen LogP contribution is 2.38. The van der Waals surface area contributed by atoms with Gasteiger partial charge < -0.3 is 4.57 Å². The summed E-state index contributed by atoms with van der Waals surface area (Å²) in [6.45, 7) is 1.92. The third kappa shape index (κ3) is 6.64. The van der Waals surface area contributed by atoms with Crippen LogP contribution in [0.5, 0.6) is 0 Å². The number of carbonyl (C=O) groups excluding carboxylic acids is 1. The van der Waals surface area contributed by atoms with E-state index >= 15 is 0 Å². The molecular weight excluding hydrogens is 627 g/mol. The first-order chi connectivity index (χ1) is 21.7. The van der Waals surface area contributed by atoms with E-state index in [0.717, 1.165) is 34.1 Å². The van der Waals surface area contributed by atoms with Gasteiger partial charge in [-0.05, 0) is 65.9 Å². The number of nitrogens with one attached hydrogen (secondary N) is 1. The van der Waals surface area contributed by atoms with Gasteiger partial charge in [0.15, 0.2) is 0 Å². The van der Waals surface area contributed by atoms with Crippen LogP contribution >= 0.6 is 23.2 Å². The predicted octanol–water partition coefficient (Wildman–Crippen LogP) is 7.94. The maximum atomic E-state index is 12.7. The molecule has 6 rings (SSSR count). The van der Waals surface area contributed by atoms with Crippen LogP contribution in [0.2, 0.25) is 10.0 Å². The monoisotopic (exact) mass is 658 g/mol. The number of halogens is 2. The molecule has 1 aromatic heterocycles. The van der Waals surface area contributed by atoms with E-state index in [-0.39, 0.29) is 12.5 Å². The minimum Gasteiger partial charge on any atom is -0.302 e. The Morgan fingerprint density at radius 3 is 2.29 bits per heavy atom. The van der Waals surface area contributed by atoms with E-state index in [1.165, 1.54) is 18.4 Å². The van der Waals surface area contributed by atoms with Crippen molar-refractivity contribution in [3.05, 3.63) is 136 Å². The van der Waals surface area contributed by atoms with Gasteiger partial charge in [0.05, 0.1) is 22.3 Å². The average Bonchev–Trinajstić information content (AvgIpc) is 3.58. The number of imidazole rings is 1. The van der Waals surface area contributed by atoms with Crippen molar-refractivity contribution in [1.29, 1.82) is 0 Å². The van der Waals surface area contributed by atoms with Gasteiger partial charge in [-0.3, -0.25) is 4.79 Å². The Balaban J connectivity index is 1.52. The zero-order chi connectivity index (χ0) is 31.6. The summed E-state index contributed by atoms with van der Waals surface area (Å²) in [5, 5.41) is 0.986. The zero-order valence-electron chi connectivity index (χ0n) is 24.7. The van der Waals surface area contributed by atoms with Gasteiger partial charge in [0.25, 0.3) is 5.91 Å². The lowest BCUT2D eigenvalue weighted by Gasteiger charge is -2.21. The van der Waals surface area contributed by atoms with Crippen molar-refractivity contribution in [3.8, 4) is 16.9 Å². The van der Waals surface area contributed by atoms with Crippen LogP contribution in [0.3, 0.4) is 0 Å². The molecule has 0 bridgehead atoms. The molecule has 1 atom stereocenters. The molecule has 0 spiro atoms. The summed E-state index contributed by atoms with van der Waals surface area (Å²) < 4.78 is 30.4. The molecule has 4 aromatic carbocycles. The molecule has 230 valence electrons. The number of benzene rings is 4. The minimum absolute atomic E-state index is 0.266. The number of rotatable bonds is 10. The predicted molar refractivity (Wildman–Crippen MR) is 180 cm³/mol. The number of hydrogen-bond acceptors (Lipinski definition) is 4. The maximum Gasteiger partial charge on any atom is 0.326 e. The Labute approximate surface area is 273 Å². The van der Waals surface area contributed by atoms with Crippen LogP contribution in [0.4, 0.5) is 5.69 Å². The van der Waals surface area contributed by atoms with Crippen molar-refractivity contribution in [3.63, 3.8) is 0 Å². The van der Waals surface area contributed by atoms with E-state index in [1.54, 1.807) is 30.3 Å². The fraction of sp³-hybridized carbons (Fsp3) is 0.200. The Kier molecular flexibility index (Phi) is 8.99. The lowest BCUT2D eigenvalue weighted by molar-refractivity contribution is -0.117. The molecule has 5 aromatic rings. The highest BCUT2D eigenvalue weighted by atomic mass is 35.5. The first kappa shape index (κ1) is 30.9. The van der Waals surface area contributed by atoms with Crippen LogP contribution in [-0.4, -0.2) is 30.4 Å². The normalized spacial score (nSPS) is 14.8. The third-order valence-electron chi connectivity index (χ3n) is 7.93. The van der Waals surface area contributed by atoms with Gasteiger partial charge in [-0.25, -0.2) is 14.0 Å². The first-order valence-electron chi connectivity index (χ1n) is 14.9. The van der Waals surface area contributed by atoms with Crippen molar-refractivity contribution in [2.24, 2.45) is 0 Å². The third-order valence-corrected chi connectivity index (χ3v) is 9.88. The highest BCUT2D eigenvalue weighted by molar-refractivity contribution is 7.92. The summed E-state index contributed by atoms with van der Waals surface area (Å²) in [6.07, 6.45) is 6.46. The molecule has 1 unspecified atom stereocenters. The summed E-state index contributed by atoms with van der Waals surface area (Å²) in [4.78, 5) is 17.2. The van der Waals surface area contributed by atoms with Gasteiger partial charge in [-0.2, -0.15) is 8.42 Å². The Hall–Kier alpha value is -4.11. The van der Waals surface area contributed by atoms with Crippen molar-refractivity contribution in [2.75, 3.05) is 10.8 Å². The van der Waals surface area contributed by atoms with Crippen molar-refractivity contribution in [1.82, 2.24) is 14.3 Å². The summed E-state index contributed by atoms with van der Waals surface area (Å²) in [6, 6.07) is 31.2. The largest absolute Gasteiger partial charge is 0.326 e. The molecule has 7 nitrogen and oxygen atoms in total. The minimum atomic E-state index is -3.98. The Morgan fingerprint density at radius 1 is 0.867 bits per heavy atom. The Morgan fingerprint density at radius 2 is 1.60 bits per heavy atom. The molecule has 2 heterocycles. The van der Waals surface area contributed by atoms with Crippen molar-refractivity contribution < 1.29 is 13.2 Å². The second-order valence-electron chi connectivity index (χ2n) is 11.1. The molecule has 0 radical (unpaired) electrons. The summed E-state index contributed by atoms with van der Waals surface area (Å²) in [5.74, 6) is -0.125. The van der Waals surface area contributed by atoms with Crippen LogP contribution in [0.25, 0.3) is 16.9 Å². The molecule has 45 heavy (non-hydrogen) atoms. The standard InChI is InChI=1S/C35H32Cl2N4O3S/c1-2-3-5-9-24-14-16-26(17-15-24)34(25-10-6-4-7-11-25)35-38-32(30-19-18-27(36)20-31(30)37)22-40(35)28-12-8-13-29(21-28)41-23-33(42)39-45(41,43)44/h4,6-8,10-22,34H,2-3,5,9,23H2,1H3,(H,39,42). The van der Waals surface area contributed by atoms with Gasteiger partial charge in [-0.15, -0.1) is 0 Å². The summed E-state index contributed by atoms with van der Waals surface area (Å²) in [5.41, 5.74) is 5.80. The average molecular weight is 660 g/mol. The van der Waals surface area contributed by atoms with E-state index in [9.17, 15) is 13.2 Å². The summed E-state index contributed by atoms with van der Waals surface area (Å²) in [7, 11) is -3.98. The highest BCUT2D eigenvalue weighted by Gasteiger charge is 2.34. The van der Waals surface area contributed by atoms with Gasteiger partial charge in [0.1, 0.15) is 12.4 Å². The van der Waals surface area contributed by atoms with Crippen LogP contribution in [-0.2, 0) is 21.4 Å². The SMILES string of the molecule is CCCCCc1ccc(C(c2ccccc2)c2nc(-c3ccc(Cl)cc3Cl)cn2-c2cccc(N3CC(=O)NS3(=O)=O)c2)cc1. The number of unbranched alkanes of at least 4 members (excludes halogenated alkanes) is 2. The van der Waals surface area contributed by atoms with E-state index in [2.05, 4.69) is 43.3 Å². The van der Waals surface area contributed by atoms with Crippen molar-refractivity contribution >= 4 is 45.0 Å². The smallest absolute Gasteiger partial charge is 0.302 e. The number of aromatic nitrogens is 2. The summed E-state index contributed by atoms with van der Waals surface area (Å²) >= 11 is 12.9. The fourth-order valence-electron chi connectivity index (χ4n) is 5.70. The molecule has 1 aliphatic heterocycles. The Bertz CT molecular complexity index is 1940. The first-order valence-corrected chi connectivity index (χ1v) is 17.1. The van der Waals surface area contributed by atoms with E-state index in [4.69, 9.17) is 28.2 Å². The van der Waals surface area contributed by atoms with Crippen molar-refractivity contribution in [2.45, 2.75) is 38.5 Å². The molecule has 0 aliphatic carbocycles. The number of hydrogen-bond donors (Lipinski definition) is 1. The van der Waals surface area contributed by atoms with E-state index in [0.29, 0.717) is 32.7 Å². The molecule has 0 saturated carbocycles. The number of anilines is 1. The molecule has 10 heteroatoms.